The molecule has 1 aromatic rings. The monoisotopic (exact) mass is 342 g/mol. The largest absolute Gasteiger partial charge is 0.282 e. The molecule has 0 fully saturated rings. The standard InChI is InChI=1S/C9H14N2O6S3/c1-18(12,13)10-8-6-4-5-7-9(8)11(19(2,14)15)20(3,16)17/h4-7,10H,1-3H3. The number of rotatable bonds is 5. The van der Waals surface area contributed by atoms with Crippen molar-refractivity contribution in [1.82, 2.24) is 0 Å². The number of hydrogen-bond donors (Lipinski definition) is 1. The molecule has 0 atom stereocenters. The number of anilines is 2. The lowest BCUT2D eigenvalue weighted by molar-refractivity contribution is 0.590. The average molecular weight is 342 g/mol. The molecule has 114 valence electrons. The van der Waals surface area contributed by atoms with Crippen molar-refractivity contribution in [3.63, 3.8) is 0 Å². The van der Waals surface area contributed by atoms with Crippen LogP contribution in [0, 0.1) is 0 Å². The second kappa shape index (κ2) is 5.22. The van der Waals surface area contributed by atoms with Gasteiger partial charge in [-0.25, -0.2) is 25.3 Å². The van der Waals surface area contributed by atoms with Crippen LogP contribution >= 0.6 is 0 Å². The van der Waals surface area contributed by atoms with E-state index in [1.54, 1.807) is 0 Å². The van der Waals surface area contributed by atoms with Crippen molar-refractivity contribution in [2.45, 2.75) is 0 Å². The first-order chi connectivity index (χ1) is 8.82. The lowest BCUT2D eigenvalue weighted by Gasteiger charge is -2.22. The Labute approximate surface area is 118 Å². The van der Waals surface area contributed by atoms with Crippen LogP contribution in [-0.2, 0) is 30.1 Å². The van der Waals surface area contributed by atoms with Crippen LogP contribution < -0.4 is 8.43 Å². The van der Waals surface area contributed by atoms with Crippen molar-refractivity contribution in [2.75, 3.05) is 27.2 Å². The molecule has 1 aromatic carbocycles. The fourth-order valence-electron chi connectivity index (χ4n) is 1.52. The van der Waals surface area contributed by atoms with Gasteiger partial charge in [-0.3, -0.25) is 4.72 Å². The van der Waals surface area contributed by atoms with E-state index >= 15 is 0 Å². The molecule has 0 saturated heterocycles. The van der Waals surface area contributed by atoms with E-state index in [1.165, 1.54) is 24.3 Å². The van der Waals surface area contributed by atoms with Crippen LogP contribution in [0.2, 0.25) is 0 Å². The predicted octanol–water partition coefficient (Wildman–Crippen LogP) is -0.216. The third-order valence-electron chi connectivity index (χ3n) is 2.00. The zero-order chi connectivity index (χ0) is 15.8. The molecule has 1 N–H and O–H groups in total. The molecule has 0 spiro atoms. The Balaban J connectivity index is 3.60. The first-order valence-corrected chi connectivity index (χ1v) is 10.7. The van der Waals surface area contributed by atoms with Gasteiger partial charge in [0.25, 0.3) is 0 Å². The Morgan fingerprint density at radius 2 is 1.30 bits per heavy atom. The Morgan fingerprint density at radius 1 is 0.850 bits per heavy atom. The van der Waals surface area contributed by atoms with Crippen LogP contribution in [0.3, 0.4) is 0 Å². The highest BCUT2D eigenvalue weighted by Crippen LogP contribution is 2.30. The quantitative estimate of drug-likeness (QED) is 0.790. The van der Waals surface area contributed by atoms with Crippen molar-refractivity contribution in [3.05, 3.63) is 24.3 Å². The van der Waals surface area contributed by atoms with E-state index in [-0.39, 0.29) is 15.1 Å². The summed E-state index contributed by atoms with van der Waals surface area (Å²) in [6.07, 6.45) is 2.30. The smallest absolute Gasteiger partial charge is 0.245 e. The summed E-state index contributed by atoms with van der Waals surface area (Å²) >= 11 is 0. The lowest BCUT2D eigenvalue weighted by Crippen LogP contribution is -2.36. The van der Waals surface area contributed by atoms with Gasteiger partial charge >= 0.3 is 0 Å². The molecule has 0 heterocycles. The summed E-state index contributed by atoms with van der Waals surface area (Å²) in [5.41, 5.74) is -0.436. The van der Waals surface area contributed by atoms with E-state index in [4.69, 9.17) is 0 Å². The van der Waals surface area contributed by atoms with Crippen LogP contribution in [0.15, 0.2) is 24.3 Å². The van der Waals surface area contributed by atoms with Gasteiger partial charge in [-0.1, -0.05) is 12.1 Å². The van der Waals surface area contributed by atoms with Crippen LogP contribution in [0.25, 0.3) is 0 Å². The van der Waals surface area contributed by atoms with E-state index in [0.29, 0.717) is 12.5 Å². The van der Waals surface area contributed by atoms with E-state index in [9.17, 15) is 25.3 Å². The third kappa shape index (κ3) is 4.35. The van der Waals surface area contributed by atoms with E-state index in [1.807, 2.05) is 0 Å². The maximum atomic E-state index is 11.7. The summed E-state index contributed by atoms with van der Waals surface area (Å²) < 4.78 is 71.4. The fraction of sp³-hybridized carbons (Fsp3) is 0.333. The zero-order valence-electron chi connectivity index (χ0n) is 10.9. The second-order valence-corrected chi connectivity index (χ2v) is 9.76. The molecular formula is C9H14N2O6S3. The number of benzene rings is 1. The molecule has 0 radical (unpaired) electrons. The molecule has 0 aromatic heterocycles. The number of sulfonamides is 3. The van der Waals surface area contributed by atoms with E-state index in [2.05, 4.69) is 4.72 Å². The summed E-state index contributed by atoms with van der Waals surface area (Å²) in [5, 5.41) is 0. The van der Waals surface area contributed by atoms with Crippen molar-refractivity contribution < 1.29 is 25.3 Å². The highest BCUT2D eigenvalue weighted by molar-refractivity contribution is 8.09. The van der Waals surface area contributed by atoms with Crippen LogP contribution in [-0.4, -0.2) is 44.0 Å². The van der Waals surface area contributed by atoms with Crippen molar-refractivity contribution >= 4 is 41.4 Å². The summed E-state index contributed by atoms with van der Waals surface area (Å²) in [7, 11) is -12.0. The van der Waals surface area contributed by atoms with Crippen LogP contribution in [0.4, 0.5) is 11.4 Å². The Bertz CT molecular complexity index is 779. The molecule has 0 aliphatic rings. The third-order valence-corrected chi connectivity index (χ3v) is 5.81. The minimum absolute atomic E-state index is 0.147. The highest BCUT2D eigenvalue weighted by atomic mass is 32.3. The minimum Gasteiger partial charge on any atom is -0.282 e. The Hall–Kier alpha value is -1.33. The second-order valence-electron chi connectivity index (χ2n) is 4.11. The van der Waals surface area contributed by atoms with Crippen molar-refractivity contribution in [3.8, 4) is 0 Å². The zero-order valence-corrected chi connectivity index (χ0v) is 13.4. The number of hydrogen-bond acceptors (Lipinski definition) is 6. The van der Waals surface area contributed by atoms with Gasteiger partial charge in [-0.05, 0) is 12.1 Å². The number of nitrogens with one attached hydrogen (secondary N) is 1. The predicted molar refractivity (Wildman–Crippen MR) is 77.1 cm³/mol. The summed E-state index contributed by atoms with van der Waals surface area (Å²) in [6.45, 7) is 0. The van der Waals surface area contributed by atoms with Crippen LogP contribution in [0.1, 0.15) is 0 Å². The lowest BCUT2D eigenvalue weighted by atomic mass is 10.3. The molecule has 0 aliphatic heterocycles. The van der Waals surface area contributed by atoms with Gasteiger partial charge in [0.2, 0.25) is 30.1 Å². The van der Waals surface area contributed by atoms with Gasteiger partial charge in [0, 0.05) is 0 Å². The molecule has 8 nitrogen and oxygen atoms in total. The molecule has 0 bridgehead atoms. The first-order valence-electron chi connectivity index (χ1n) is 5.09. The maximum Gasteiger partial charge on any atom is 0.245 e. The molecule has 0 amide bonds. The van der Waals surface area contributed by atoms with Gasteiger partial charge < -0.3 is 0 Å². The molecule has 0 aliphatic carbocycles. The Kier molecular flexibility index (Phi) is 4.36. The van der Waals surface area contributed by atoms with Gasteiger partial charge in [0.1, 0.15) is 0 Å². The fourth-order valence-corrected chi connectivity index (χ4v) is 5.09. The van der Waals surface area contributed by atoms with Gasteiger partial charge in [-0.15, -0.1) is 0 Å². The maximum absolute atomic E-state index is 11.7. The van der Waals surface area contributed by atoms with Gasteiger partial charge in [0.15, 0.2) is 0 Å². The molecule has 1 rings (SSSR count). The van der Waals surface area contributed by atoms with Crippen LogP contribution in [0.5, 0.6) is 0 Å². The van der Waals surface area contributed by atoms with E-state index in [0.717, 1.165) is 6.26 Å². The summed E-state index contributed by atoms with van der Waals surface area (Å²) in [5.74, 6) is 0. The topological polar surface area (TPSA) is 118 Å². The average Bonchev–Trinajstić information content (AvgIpc) is 2.14. The summed E-state index contributed by atoms with van der Waals surface area (Å²) in [4.78, 5) is 0. The van der Waals surface area contributed by atoms with Gasteiger partial charge in [0.05, 0.1) is 30.1 Å². The number of nitrogens with zero attached hydrogens (tertiary/aromatic N) is 1. The van der Waals surface area contributed by atoms with E-state index < -0.39 is 30.1 Å². The van der Waals surface area contributed by atoms with Crippen molar-refractivity contribution in [2.24, 2.45) is 0 Å². The molecule has 0 unspecified atom stereocenters. The number of para-hydroxylation sites is 2. The first kappa shape index (κ1) is 16.7. The van der Waals surface area contributed by atoms with Gasteiger partial charge in [-0.2, -0.15) is 3.71 Å². The molecular weight excluding hydrogens is 328 g/mol. The summed E-state index contributed by atoms with van der Waals surface area (Å²) in [6, 6.07) is 5.29. The molecule has 20 heavy (non-hydrogen) atoms. The molecule has 11 heteroatoms. The SMILES string of the molecule is CS(=O)(=O)Nc1ccccc1N(S(C)(=O)=O)S(C)(=O)=O. The Morgan fingerprint density at radius 3 is 1.70 bits per heavy atom. The normalized spacial score (nSPS) is 12.9. The highest BCUT2D eigenvalue weighted by Gasteiger charge is 2.29. The molecule has 0 saturated carbocycles. The minimum atomic E-state index is -4.14. The van der Waals surface area contributed by atoms with Crippen molar-refractivity contribution in [1.29, 1.82) is 0 Å².